The summed E-state index contributed by atoms with van der Waals surface area (Å²) in [7, 11) is 1.78. The third-order valence-electron chi connectivity index (χ3n) is 4.52. The Labute approximate surface area is 134 Å². The van der Waals surface area contributed by atoms with Gasteiger partial charge in [-0.2, -0.15) is 5.10 Å². The molecular formula is C17H19N3O3. The molecule has 0 aliphatic carbocycles. The molecule has 1 aromatic carbocycles. The van der Waals surface area contributed by atoms with E-state index in [1.165, 1.54) is 4.90 Å². The zero-order chi connectivity index (χ0) is 16.7. The van der Waals surface area contributed by atoms with Crippen LogP contribution in [-0.2, 0) is 24.8 Å². The fourth-order valence-electron chi connectivity index (χ4n) is 3.18. The maximum absolute atomic E-state index is 13.0. The van der Waals surface area contributed by atoms with Crippen molar-refractivity contribution in [1.82, 2.24) is 14.7 Å². The van der Waals surface area contributed by atoms with E-state index < -0.39 is 12.0 Å². The third-order valence-corrected chi connectivity index (χ3v) is 4.52. The number of rotatable bonds is 2. The summed E-state index contributed by atoms with van der Waals surface area (Å²) in [5.41, 5.74) is 3.85. The van der Waals surface area contributed by atoms with E-state index in [4.69, 9.17) is 0 Å². The Morgan fingerprint density at radius 1 is 1.22 bits per heavy atom. The highest BCUT2D eigenvalue weighted by Gasteiger charge is 2.36. The fourth-order valence-corrected chi connectivity index (χ4v) is 3.18. The van der Waals surface area contributed by atoms with E-state index >= 15 is 0 Å². The lowest BCUT2D eigenvalue weighted by atomic mass is 9.93. The van der Waals surface area contributed by atoms with Gasteiger partial charge in [0.25, 0.3) is 5.91 Å². The summed E-state index contributed by atoms with van der Waals surface area (Å²) >= 11 is 0. The molecule has 0 saturated carbocycles. The second kappa shape index (κ2) is 5.53. The average molecular weight is 313 g/mol. The highest BCUT2D eigenvalue weighted by molar-refractivity contribution is 5.98. The summed E-state index contributed by atoms with van der Waals surface area (Å²) in [6.07, 6.45) is 0.329. The zero-order valence-electron chi connectivity index (χ0n) is 13.4. The molecule has 1 amide bonds. The van der Waals surface area contributed by atoms with E-state index in [1.54, 1.807) is 18.7 Å². The van der Waals surface area contributed by atoms with Crippen molar-refractivity contribution in [2.45, 2.75) is 32.9 Å². The van der Waals surface area contributed by atoms with Gasteiger partial charge >= 0.3 is 5.97 Å². The van der Waals surface area contributed by atoms with Crippen LogP contribution in [0, 0.1) is 13.8 Å². The molecule has 6 nitrogen and oxygen atoms in total. The number of carboxylic acid groups (broad SMARTS) is 1. The van der Waals surface area contributed by atoms with E-state index in [0.29, 0.717) is 24.2 Å². The molecule has 1 N–H and O–H groups in total. The van der Waals surface area contributed by atoms with Crippen molar-refractivity contribution in [3.8, 4) is 0 Å². The molecule has 0 unspecified atom stereocenters. The number of benzene rings is 1. The monoisotopic (exact) mass is 313 g/mol. The number of carbonyl (C=O) groups excluding carboxylic acids is 1. The second-order valence-corrected chi connectivity index (χ2v) is 5.93. The van der Waals surface area contributed by atoms with Crippen LogP contribution in [0.15, 0.2) is 24.3 Å². The molecule has 23 heavy (non-hydrogen) atoms. The van der Waals surface area contributed by atoms with E-state index in [2.05, 4.69) is 5.10 Å². The van der Waals surface area contributed by atoms with E-state index in [0.717, 1.165) is 16.8 Å². The van der Waals surface area contributed by atoms with Crippen molar-refractivity contribution < 1.29 is 14.7 Å². The number of aryl methyl sites for hydroxylation is 2. The number of nitrogens with zero attached hydrogens (tertiary/aromatic N) is 3. The van der Waals surface area contributed by atoms with Gasteiger partial charge in [0.1, 0.15) is 6.04 Å². The normalized spacial score (nSPS) is 17.0. The third kappa shape index (κ3) is 2.50. The fraction of sp³-hybridized carbons (Fsp3) is 0.353. The lowest BCUT2D eigenvalue weighted by Gasteiger charge is -2.34. The largest absolute Gasteiger partial charge is 0.480 e. The molecule has 1 aromatic heterocycles. The summed E-state index contributed by atoms with van der Waals surface area (Å²) in [5.74, 6) is -1.25. The predicted molar refractivity (Wildman–Crippen MR) is 84.1 cm³/mol. The van der Waals surface area contributed by atoms with Crippen LogP contribution < -0.4 is 0 Å². The van der Waals surface area contributed by atoms with Crippen molar-refractivity contribution in [3.05, 3.63) is 52.3 Å². The predicted octanol–water partition coefficient (Wildman–Crippen LogP) is 1.69. The molecule has 0 saturated heterocycles. The maximum Gasteiger partial charge on any atom is 0.326 e. The lowest BCUT2D eigenvalue weighted by molar-refractivity contribution is -0.142. The summed E-state index contributed by atoms with van der Waals surface area (Å²) in [6, 6.07) is 6.81. The van der Waals surface area contributed by atoms with Crippen LogP contribution in [-0.4, -0.2) is 37.7 Å². The Kier molecular flexibility index (Phi) is 3.67. The summed E-state index contributed by atoms with van der Waals surface area (Å²) in [4.78, 5) is 26.1. The van der Waals surface area contributed by atoms with Gasteiger partial charge in [-0.1, -0.05) is 24.3 Å². The Hall–Kier alpha value is -2.63. The van der Waals surface area contributed by atoms with Crippen LogP contribution in [0.25, 0.3) is 0 Å². The van der Waals surface area contributed by atoms with Crippen LogP contribution in [0.2, 0.25) is 0 Å². The first-order valence-corrected chi connectivity index (χ1v) is 7.51. The molecule has 1 aliphatic heterocycles. The van der Waals surface area contributed by atoms with Crippen LogP contribution in [0.1, 0.15) is 32.9 Å². The minimum Gasteiger partial charge on any atom is -0.480 e. The number of aromatic nitrogens is 2. The van der Waals surface area contributed by atoms with Crippen molar-refractivity contribution in [2.24, 2.45) is 7.05 Å². The smallest absolute Gasteiger partial charge is 0.326 e. The average Bonchev–Trinajstić information content (AvgIpc) is 2.78. The highest BCUT2D eigenvalue weighted by Crippen LogP contribution is 2.26. The molecule has 120 valence electrons. The first-order chi connectivity index (χ1) is 10.9. The molecule has 2 heterocycles. The van der Waals surface area contributed by atoms with Gasteiger partial charge in [-0.15, -0.1) is 0 Å². The van der Waals surface area contributed by atoms with Gasteiger partial charge in [-0.05, 0) is 25.0 Å². The van der Waals surface area contributed by atoms with Crippen LogP contribution in [0.3, 0.4) is 0 Å². The SMILES string of the molecule is Cc1nn(C)c(C)c1C(=O)N1Cc2ccccc2C[C@@H]1C(=O)O. The van der Waals surface area contributed by atoms with Crippen LogP contribution >= 0.6 is 0 Å². The number of carbonyl (C=O) groups is 2. The zero-order valence-corrected chi connectivity index (χ0v) is 13.4. The molecule has 0 radical (unpaired) electrons. The van der Waals surface area contributed by atoms with Crippen molar-refractivity contribution in [1.29, 1.82) is 0 Å². The van der Waals surface area contributed by atoms with Gasteiger partial charge in [0.05, 0.1) is 11.3 Å². The molecule has 1 atom stereocenters. The molecule has 6 heteroatoms. The Morgan fingerprint density at radius 3 is 2.43 bits per heavy atom. The van der Waals surface area contributed by atoms with Crippen molar-refractivity contribution >= 4 is 11.9 Å². The van der Waals surface area contributed by atoms with Gasteiger partial charge in [0, 0.05) is 25.7 Å². The summed E-state index contributed by atoms with van der Waals surface area (Å²) < 4.78 is 1.65. The molecule has 0 bridgehead atoms. The molecule has 0 spiro atoms. The molecular weight excluding hydrogens is 294 g/mol. The Morgan fingerprint density at radius 2 is 1.87 bits per heavy atom. The van der Waals surface area contributed by atoms with Crippen LogP contribution in [0.5, 0.6) is 0 Å². The lowest BCUT2D eigenvalue weighted by Crippen LogP contribution is -2.48. The minimum absolute atomic E-state index is 0.269. The van der Waals surface area contributed by atoms with Gasteiger partial charge in [0.2, 0.25) is 0 Å². The van der Waals surface area contributed by atoms with E-state index in [-0.39, 0.29) is 5.91 Å². The maximum atomic E-state index is 13.0. The number of amides is 1. The summed E-state index contributed by atoms with van der Waals surface area (Å²) in [6.45, 7) is 3.90. The van der Waals surface area contributed by atoms with Gasteiger partial charge < -0.3 is 10.0 Å². The van der Waals surface area contributed by atoms with Gasteiger partial charge in [0.15, 0.2) is 0 Å². The molecule has 1 aliphatic rings. The van der Waals surface area contributed by atoms with Crippen LogP contribution in [0.4, 0.5) is 0 Å². The topological polar surface area (TPSA) is 75.4 Å². The summed E-state index contributed by atoms with van der Waals surface area (Å²) in [5, 5.41) is 13.8. The molecule has 3 rings (SSSR count). The number of hydrogen-bond acceptors (Lipinski definition) is 3. The Balaban J connectivity index is 2.03. The first-order valence-electron chi connectivity index (χ1n) is 7.51. The molecule has 2 aromatic rings. The number of aliphatic carboxylic acids is 1. The van der Waals surface area contributed by atoms with E-state index in [9.17, 15) is 14.7 Å². The first kappa shape index (κ1) is 15.3. The quantitative estimate of drug-likeness (QED) is 0.915. The van der Waals surface area contributed by atoms with Gasteiger partial charge in [-0.25, -0.2) is 4.79 Å². The van der Waals surface area contributed by atoms with E-state index in [1.807, 2.05) is 31.2 Å². The number of fused-ring (bicyclic) bond motifs is 1. The van der Waals surface area contributed by atoms with Gasteiger partial charge in [-0.3, -0.25) is 9.48 Å². The standard InChI is InChI=1S/C17H19N3O3/c1-10-15(11(2)19(3)18-10)16(21)20-9-13-7-5-4-6-12(13)8-14(20)17(22)23/h4-7,14H,8-9H2,1-3H3,(H,22,23)/t14-/m1/s1. The van der Waals surface area contributed by atoms with Crippen molar-refractivity contribution in [3.63, 3.8) is 0 Å². The number of hydrogen-bond donors (Lipinski definition) is 1. The molecule has 0 fully saturated rings. The van der Waals surface area contributed by atoms with Crippen molar-refractivity contribution in [2.75, 3.05) is 0 Å². The highest BCUT2D eigenvalue weighted by atomic mass is 16.4. The minimum atomic E-state index is -0.980. The Bertz CT molecular complexity index is 794. The number of carboxylic acids is 1. The second-order valence-electron chi connectivity index (χ2n) is 5.93.